The molecule has 3 rings (SSSR count). The highest BCUT2D eigenvalue weighted by Gasteiger charge is 2.13. The van der Waals surface area contributed by atoms with E-state index in [-0.39, 0.29) is 17.4 Å². The van der Waals surface area contributed by atoms with E-state index < -0.39 is 0 Å². The number of hydrogen-bond acceptors (Lipinski definition) is 6. The van der Waals surface area contributed by atoms with Gasteiger partial charge < -0.3 is 0 Å². The number of thiophene rings is 1. The number of benzene rings is 1. The van der Waals surface area contributed by atoms with Gasteiger partial charge in [0.05, 0.1) is 16.3 Å². The quantitative estimate of drug-likeness (QED) is 0.534. The van der Waals surface area contributed by atoms with Crippen molar-refractivity contribution in [2.75, 3.05) is 5.75 Å². The Morgan fingerprint density at radius 3 is 3.00 bits per heavy atom. The molecule has 0 amide bonds. The second-order valence-electron chi connectivity index (χ2n) is 4.04. The van der Waals surface area contributed by atoms with Crippen LogP contribution in [0.25, 0.3) is 5.69 Å². The van der Waals surface area contributed by atoms with E-state index in [1.165, 1.54) is 39.9 Å². The molecule has 0 bridgehead atoms. The van der Waals surface area contributed by atoms with Crippen molar-refractivity contribution in [1.29, 1.82) is 0 Å². The Bertz CT molecular complexity index is 757. The van der Waals surface area contributed by atoms with Crippen LogP contribution in [-0.4, -0.2) is 31.7 Å². The smallest absolute Gasteiger partial charge is 0.214 e. The molecule has 0 aliphatic carbocycles. The number of nitrogens with zero attached hydrogens (tertiary/aromatic N) is 4. The van der Waals surface area contributed by atoms with Crippen molar-refractivity contribution >= 4 is 28.9 Å². The zero-order valence-corrected chi connectivity index (χ0v) is 12.3. The van der Waals surface area contributed by atoms with Crippen LogP contribution >= 0.6 is 23.1 Å². The van der Waals surface area contributed by atoms with Crippen LogP contribution in [0, 0.1) is 5.82 Å². The van der Waals surface area contributed by atoms with Crippen LogP contribution in [0.5, 0.6) is 0 Å². The van der Waals surface area contributed by atoms with Gasteiger partial charge in [-0.05, 0) is 40.1 Å². The van der Waals surface area contributed by atoms with E-state index in [0.29, 0.717) is 15.7 Å². The summed E-state index contributed by atoms with van der Waals surface area (Å²) >= 11 is 2.62. The number of carbonyl (C=O) groups is 1. The number of halogens is 1. The SMILES string of the molecule is O=C(CSc1nnnn1-c1cccc(F)c1)c1cccs1. The number of aromatic nitrogens is 4. The van der Waals surface area contributed by atoms with Crippen molar-refractivity contribution in [3.05, 3.63) is 52.5 Å². The number of tetrazole rings is 1. The number of thioether (sulfide) groups is 1. The largest absolute Gasteiger partial charge is 0.292 e. The number of Topliss-reactive ketones (excluding diaryl/α,β-unsaturated/α-hetero) is 1. The van der Waals surface area contributed by atoms with Gasteiger partial charge in [0, 0.05) is 0 Å². The van der Waals surface area contributed by atoms with Gasteiger partial charge in [0.2, 0.25) is 5.16 Å². The highest BCUT2D eigenvalue weighted by molar-refractivity contribution is 7.99. The lowest BCUT2D eigenvalue weighted by atomic mass is 10.3. The molecule has 0 saturated heterocycles. The minimum atomic E-state index is -0.367. The molecule has 0 saturated carbocycles. The van der Waals surface area contributed by atoms with E-state index in [9.17, 15) is 9.18 Å². The van der Waals surface area contributed by atoms with Gasteiger partial charge in [-0.25, -0.2) is 4.39 Å². The maximum atomic E-state index is 13.2. The summed E-state index contributed by atoms with van der Waals surface area (Å²) in [5.74, 6) is -0.117. The second-order valence-corrected chi connectivity index (χ2v) is 5.93. The van der Waals surface area contributed by atoms with Gasteiger partial charge in [0.25, 0.3) is 0 Å². The number of hydrogen-bond donors (Lipinski definition) is 0. The molecule has 8 heteroatoms. The molecular formula is C13H9FN4OS2. The number of rotatable bonds is 5. The zero-order valence-electron chi connectivity index (χ0n) is 10.6. The summed E-state index contributed by atoms with van der Waals surface area (Å²) in [5, 5.41) is 13.6. The molecule has 3 aromatic rings. The summed E-state index contributed by atoms with van der Waals surface area (Å²) in [7, 11) is 0. The highest BCUT2D eigenvalue weighted by Crippen LogP contribution is 2.21. The van der Waals surface area contributed by atoms with E-state index >= 15 is 0 Å². The van der Waals surface area contributed by atoms with Crippen LogP contribution in [0.15, 0.2) is 46.9 Å². The number of ketones is 1. The molecule has 0 radical (unpaired) electrons. The van der Waals surface area contributed by atoms with Crippen molar-refractivity contribution < 1.29 is 9.18 Å². The van der Waals surface area contributed by atoms with E-state index in [1.807, 2.05) is 11.4 Å². The van der Waals surface area contributed by atoms with Crippen LogP contribution in [0.2, 0.25) is 0 Å². The van der Waals surface area contributed by atoms with Gasteiger partial charge in [0.15, 0.2) is 5.78 Å². The highest BCUT2D eigenvalue weighted by atomic mass is 32.2. The third kappa shape index (κ3) is 3.17. The van der Waals surface area contributed by atoms with E-state index in [4.69, 9.17) is 0 Å². The first-order valence-electron chi connectivity index (χ1n) is 5.98. The summed E-state index contributed by atoms with van der Waals surface area (Å²) < 4.78 is 14.7. The first kappa shape index (κ1) is 13.9. The summed E-state index contributed by atoms with van der Waals surface area (Å²) in [6.07, 6.45) is 0. The van der Waals surface area contributed by atoms with Crippen molar-refractivity contribution in [3.63, 3.8) is 0 Å². The van der Waals surface area contributed by atoms with Gasteiger partial charge in [-0.15, -0.1) is 16.4 Å². The maximum absolute atomic E-state index is 13.2. The predicted molar refractivity (Wildman–Crippen MR) is 78.5 cm³/mol. The van der Waals surface area contributed by atoms with Crippen molar-refractivity contribution in [3.8, 4) is 5.69 Å². The molecular weight excluding hydrogens is 311 g/mol. The van der Waals surface area contributed by atoms with Crippen molar-refractivity contribution in [1.82, 2.24) is 20.2 Å². The molecule has 0 spiro atoms. The Labute approximate surface area is 127 Å². The molecule has 5 nitrogen and oxygen atoms in total. The second kappa shape index (κ2) is 6.15. The molecule has 0 unspecified atom stereocenters. The van der Waals surface area contributed by atoms with Gasteiger partial charge in [0.1, 0.15) is 5.82 Å². The Hall–Kier alpha value is -2.06. The van der Waals surface area contributed by atoms with Gasteiger partial charge in [-0.3, -0.25) is 4.79 Å². The lowest BCUT2D eigenvalue weighted by Crippen LogP contribution is -2.03. The summed E-state index contributed by atoms with van der Waals surface area (Å²) in [5.41, 5.74) is 0.520. The van der Waals surface area contributed by atoms with Crippen molar-refractivity contribution in [2.24, 2.45) is 0 Å². The predicted octanol–water partition coefficient (Wildman–Crippen LogP) is 2.84. The third-order valence-corrected chi connectivity index (χ3v) is 4.45. The summed E-state index contributed by atoms with van der Waals surface area (Å²) in [4.78, 5) is 12.7. The Morgan fingerprint density at radius 2 is 2.24 bits per heavy atom. The molecule has 2 aromatic heterocycles. The average Bonchev–Trinajstić information content (AvgIpc) is 3.16. The molecule has 0 N–H and O–H groups in total. The average molecular weight is 320 g/mol. The first-order valence-corrected chi connectivity index (χ1v) is 7.84. The Morgan fingerprint density at radius 1 is 1.33 bits per heavy atom. The van der Waals surface area contributed by atoms with Crippen LogP contribution in [0.4, 0.5) is 4.39 Å². The van der Waals surface area contributed by atoms with Crippen LogP contribution in [0.3, 0.4) is 0 Å². The monoisotopic (exact) mass is 320 g/mol. The minimum absolute atomic E-state index is 0.0174. The van der Waals surface area contributed by atoms with Gasteiger partial charge >= 0.3 is 0 Å². The molecule has 0 aliphatic rings. The molecule has 21 heavy (non-hydrogen) atoms. The van der Waals surface area contributed by atoms with Gasteiger partial charge in [-0.1, -0.05) is 23.9 Å². The van der Waals surface area contributed by atoms with E-state index in [1.54, 1.807) is 18.2 Å². The minimum Gasteiger partial charge on any atom is -0.292 e. The van der Waals surface area contributed by atoms with Crippen molar-refractivity contribution in [2.45, 2.75) is 5.16 Å². The van der Waals surface area contributed by atoms with E-state index in [0.717, 1.165) is 0 Å². The van der Waals surface area contributed by atoms with E-state index in [2.05, 4.69) is 15.5 Å². The Kier molecular flexibility index (Phi) is 4.07. The Balaban J connectivity index is 1.76. The fourth-order valence-electron chi connectivity index (χ4n) is 1.68. The standard InChI is InChI=1S/C13H9FN4OS2/c14-9-3-1-4-10(7-9)18-13(15-16-17-18)21-8-11(19)12-5-2-6-20-12/h1-7H,8H2. The fraction of sp³-hybridized carbons (Fsp3) is 0.0769. The van der Waals surface area contributed by atoms with Crippen LogP contribution in [0.1, 0.15) is 9.67 Å². The molecule has 1 aromatic carbocycles. The zero-order chi connectivity index (χ0) is 14.7. The maximum Gasteiger partial charge on any atom is 0.214 e. The summed E-state index contributed by atoms with van der Waals surface area (Å²) in [6.45, 7) is 0. The molecule has 0 atom stereocenters. The lowest BCUT2D eigenvalue weighted by Gasteiger charge is -2.03. The normalized spacial score (nSPS) is 10.7. The van der Waals surface area contributed by atoms with Crippen LogP contribution in [-0.2, 0) is 0 Å². The molecule has 0 fully saturated rings. The van der Waals surface area contributed by atoms with Gasteiger partial charge in [-0.2, -0.15) is 4.68 Å². The van der Waals surface area contributed by atoms with Crippen LogP contribution < -0.4 is 0 Å². The number of carbonyl (C=O) groups excluding carboxylic acids is 1. The molecule has 0 aliphatic heterocycles. The first-order chi connectivity index (χ1) is 10.2. The fourth-order valence-corrected chi connectivity index (χ4v) is 3.21. The lowest BCUT2D eigenvalue weighted by molar-refractivity contribution is 0.102. The summed E-state index contributed by atoms with van der Waals surface area (Å²) in [6, 6.07) is 9.58. The molecule has 2 heterocycles. The third-order valence-electron chi connectivity index (χ3n) is 2.62. The topological polar surface area (TPSA) is 60.7 Å². The molecule has 106 valence electrons.